The molecule has 0 spiro atoms. The molecule has 0 bridgehead atoms. The monoisotopic (exact) mass is 355 g/mol. The fourth-order valence-electron chi connectivity index (χ4n) is 2.70. The highest BCUT2D eigenvalue weighted by atomic mass is 35.5. The van der Waals surface area contributed by atoms with E-state index in [4.69, 9.17) is 21.1 Å². The Hall–Kier alpha value is -1.40. The predicted octanol–water partition coefficient (Wildman–Crippen LogP) is 3.83. The van der Waals surface area contributed by atoms with Crippen molar-refractivity contribution in [3.05, 3.63) is 23.2 Å². The van der Waals surface area contributed by atoms with E-state index < -0.39 is 5.60 Å². The maximum absolute atomic E-state index is 12.4. The van der Waals surface area contributed by atoms with Crippen LogP contribution in [-0.4, -0.2) is 45.8 Å². The first-order valence-corrected chi connectivity index (χ1v) is 8.77. The molecule has 24 heavy (non-hydrogen) atoms. The third-order valence-corrected chi connectivity index (χ3v) is 4.13. The fraction of sp³-hybridized carbons (Fsp3) is 0.706. The minimum Gasteiger partial charge on any atom is -0.444 e. The van der Waals surface area contributed by atoms with Gasteiger partial charge in [0, 0.05) is 31.6 Å². The minimum atomic E-state index is -0.474. The summed E-state index contributed by atoms with van der Waals surface area (Å²) >= 11 is 5.96. The molecule has 1 amide bonds. The molecule has 0 aliphatic carbocycles. The summed E-state index contributed by atoms with van der Waals surface area (Å²) in [7, 11) is 0. The summed E-state index contributed by atoms with van der Waals surface area (Å²) in [5.41, 5.74) is 0.157. The molecule has 0 radical (unpaired) electrons. The molecule has 1 aromatic rings. The van der Waals surface area contributed by atoms with E-state index in [-0.39, 0.29) is 12.1 Å². The largest absolute Gasteiger partial charge is 0.444 e. The summed E-state index contributed by atoms with van der Waals surface area (Å²) in [6, 6.07) is 0.158. The van der Waals surface area contributed by atoms with Gasteiger partial charge in [-0.05, 0) is 46.5 Å². The van der Waals surface area contributed by atoms with Crippen LogP contribution >= 0.6 is 11.6 Å². The molecule has 0 unspecified atom stereocenters. The van der Waals surface area contributed by atoms with Crippen LogP contribution in [0.4, 0.5) is 4.79 Å². The van der Waals surface area contributed by atoms with E-state index >= 15 is 0 Å². The Bertz CT molecular complexity index is 548. The molecule has 1 aromatic heterocycles. The van der Waals surface area contributed by atoms with Crippen LogP contribution in [0.3, 0.4) is 0 Å². The second kappa shape index (κ2) is 8.62. The number of hydrogen-bond acceptors (Lipinski definition) is 5. The maximum atomic E-state index is 12.4. The van der Waals surface area contributed by atoms with Crippen molar-refractivity contribution < 1.29 is 14.3 Å². The maximum Gasteiger partial charge on any atom is 0.410 e. The number of carbonyl (C=O) groups is 1. The zero-order chi connectivity index (χ0) is 17.6. The second-order valence-corrected chi connectivity index (χ2v) is 7.32. The first-order valence-electron chi connectivity index (χ1n) is 8.39. The van der Waals surface area contributed by atoms with Gasteiger partial charge in [0.15, 0.2) is 5.15 Å². The van der Waals surface area contributed by atoms with Crippen molar-refractivity contribution in [2.75, 3.05) is 13.2 Å². The van der Waals surface area contributed by atoms with E-state index in [0.29, 0.717) is 24.1 Å². The number of ether oxygens (including phenoxy) is 2. The van der Waals surface area contributed by atoms with Crippen molar-refractivity contribution in [1.82, 2.24) is 14.9 Å². The zero-order valence-electron chi connectivity index (χ0n) is 14.6. The van der Waals surface area contributed by atoms with Crippen LogP contribution in [0.1, 0.15) is 52.1 Å². The van der Waals surface area contributed by atoms with Crippen molar-refractivity contribution >= 4 is 17.7 Å². The number of hydrogen-bond donors (Lipinski definition) is 0. The summed E-state index contributed by atoms with van der Waals surface area (Å²) in [6.07, 6.45) is 6.81. The average molecular weight is 356 g/mol. The van der Waals surface area contributed by atoms with Gasteiger partial charge in [0.25, 0.3) is 0 Å². The molecule has 7 heteroatoms. The third kappa shape index (κ3) is 5.91. The first-order chi connectivity index (χ1) is 11.4. The lowest BCUT2D eigenvalue weighted by Crippen LogP contribution is -2.46. The van der Waals surface area contributed by atoms with Crippen LogP contribution in [0.25, 0.3) is 0 Å². The molecule has 0 aromatic carbocycles. The Morgan fingerprint density at radius 1 is 1.33 bits per heavy atom. The van der Waals surface area contributed by atoms with Gasteiger partial charge in [0.2, 0.25) is 0 Å². The number of piperidine rings is 1. The van der Waals surface area contributed by atoms with Crippen molar-refractivity contribution in [3.8, 4) is 0 Å². The summed E-state index contributed by atoms with van der Waals surface area (Å²) in [5.74, 6) is 0. The van der Waals surface area contributed by atoms with Crippen LogP contribution in [0.5, 0.6) is 0 Å². The fourth-order valence-corrected chi connectivity index (χ4v) is 2.86. The summed E-state index contributed by atoms with van der Waals surface area (Å²) in [6.45, 7) is 7.27. The molecule has 0 N–H and O–H groups in total. The number of carbonyl (C=O) groups excluding carboxylic acids is 1. The van der Waals surface area contributed by atoms with E-state index in [1.54, 1.807) is 12.4 Å². The van der Waals surface area contributed by atoms with Crippen LogP contribution in [0, 0.1) is 0 Å². The van der Waals surface area contributed by atoms with Crippen LogP contribution in [0.15, 0.2) is 12.4 Å². The number of aromatic nitrogens is 2. The first kappa shape index (κ1) is 18.9. The SMILES string of the molecule is CC(C)(C)OC(=O)N1CCCC[C@@H]1CCOCc1nccnc1Cl. The lowest BCUT2D eigenvalue weighted by Gasteiger charge is -2.36. The molecular formula is C17H26ClN3O3. The number of halogens is 1. The van der Waals surface area contributed by atoms with Gasteiger partial charge in [-0.2, -0.15) is 0 Å². The highest BCUT2D eigenvalue weighted by Crippen LogP contribution is 2.22. The quantitative estimate of drug-likeness (QED) is 0.751. The Labute approximate surface area is 148 Å². The molecule has 1 saturated heterocycles. The van der Waals surface area contributed by atoms with Gasteiger partial charge >= 0.3 is 6.09 Å². The van der Waals surface area contributed by atoms with Crippen molar-refractivity contribution in [2.24, 2.45) is 0 Å². The lowest BCUT2D eigenvalue weighted by molar-refractivity contribution is 0.00368. The highest BCUT2D eigenvalue weighted by molar-refractivity contribution is 6.29. The second-order valence-electron chi connectivity index (χ2n) is 6.96. The molecule has 2 heterocycles. The van der Waals surface area contributed by atoms with Crippen molar-refractivity contribution in [2.45, 2.75) is 64.7 Å². The summed E-state index contributed by atoms with van der Waals surface area (Å²) in [4.78, 5) is 22.3. The standard InChI is InChI=1S/C17H26ClN3O3/c1-17(2,3)24-16(22)21-10-5-4-6-13(21)7-11-23-12-14-15(18)20-9-8-19-14/h8-9,13H,4-7,10-12H2,1-3H3/t13-/m1/s1. The molecule has 2 rings (SSSR count). The molecule has 1 atom stereocenters. The Morgan fingerprint density at radius 3 is 2.79 bits per heavy atom. The normalized spacial score (nSPS) is 18.5. The van der Waals surface area contributed by atoms with Crippen molar-refractivity contribution in [3.63, 3.8) is 0 Å². The summed E-state index contributed by atoms with van der Waals surface area (Å²) < 4.78 is 11.2. The smallest absolute Gasteiger partial charge is 0.410 e. The van der Waals surface area contributed by atoms with Gasteiger partial charge in [0.1, 0.15) is 11.3 Å². The van der Waals surface area contributed by atoms with Crippen LogP contribution in [-0.2, 0) is 16.1 Å². The number of amides is 1. The molecule has 1 fully saturated rings. The van der Waals surface area contributed by atoms with Gasteiger partial charge in [-0.1, -0.05) is 11.6 Å². The minimum absolute atomic E-state index is 0.158. The molecular weight excluding hydrogens is 330 g/mol. The van der Waals surface area contributed by atoms with Gasteiger partial charge in [0.05, 0.1) is 6.61 Å². The topological polar surface area (TPSA) is 64.5 Å². The summed E-state index contributed by atoms with van der Waals surface area (Å²) in [5, 5.41) is 0.366. The highest BCUT2D eigenvalue weighted by Gasteiger charge is 2.30. The number of rotatable bonds is 5. The van der Waals surface area contributed by atoms with E-state index in [1.165, 1.54) is 0 Å². The van der Waals surface area contributed by atoms with Crippen molar-refractivity contribution in [1.29, 1.82) is 0 Å². The van der Waals surface area contributed by atoms with Gasteiger partial charge in [-0.3, -0.25) is 4.98 Å². The molecule has 1 aliphatic heterocycles. The Kier molecular flexibility index (Phi) is 6.80. The van der Waals surface area contributed by atoms with E-state index in [0.717, 1.165) is 32.2 Å². The van der Waals surface area contributed by atoms with Crippen LogP contribution < -0.4 is 0 Å². The molecule has 6 nitrogen and oxygen atoms in total. The zero-order valence-corrected chi connectivity index (χ0v) is 15.4. The van der Waals surface area contributed by atoms with Crippen LogP contribution in [0.2, 0.25) is 5.15 Å². The predicted molar refractivity (Wildman–Crippen MR) is 91.9 cm³/mol. The van der Waals surface area contributed by atoms with Gasteiger partial charge in [-0.25, -0.2) is 9.78 Å². The molecule has 134 valence electrons. The van der Waals surface area contributed by atoms with E-state index in [2.05, 4.69) is 9.97 Å². The third-order valence-electron chi connectivity index (χ3n) is 3.81. The van der Waals surface area contributed by atoms with Gasteiger partial charge in [-0.15, -0.1) is 0 Å². The lowest BCUT2D eigenvalue weighted by atomic mass is 10.0. The molecule has 1 aliphatic rings. The Balaban J connectivity index is 1.81. The Morgan fingerprint density at radius 2 is 2.08 bits per heavy atom. The molecule has 0 saturated carbocycles. The number of nitrogens with zero attached hydrogens (tertiary/aromatic N) is 3. The number of likely N-dealkylation sites (tertiary alicyclic amines) is 1. The van der Waals surface area contributed by atoms with E-state index in [9.17, 15) is 4.79 Å². The van der Waals surface area contributed by atoms with E-state index in [1.807, 2.05) is 25.7 Å². The van der Waals surface area contributed by atoms with Gasteiger partial charge < -0.3 is 14.4 Å². The average Bonchev–Trinajstić information content (AvgIpc) is 2.52.